The molecule has 1 aliphatic rings. The zero-order valence-corrected chi connectivity index (χ0v) is 14.6. The van der Waals surface area contributed by atoms with Crippen LogP contribution in [-0.4, -0.2) is 35.9 Å². The molecule has 0 aromatic heterocycles. The van der Waals surface area contributed by atoms with Gasteiger partial charge in [0.25, 0.3) is 0 Å². The lowest BCUT2D eigenvalue weighted by molar-refractivity contribution is -0.219. The molecular weight excluding hydrogens is 288 g/mol. The van der Waals surface area contributed by atoms with Crippen molar-refractivity contribution in [2.24, 2.45) is 5.92 Å². The Morgan fingerprint density at radius 2 is 1.76 bits per heavy atom. The fourth-order valence-electron chi connectivity index (χ4n) is 2.34. The first-order valence-corrected chi connectivity index (χ1v) is 8.75. The molecule has 1 heterocycles. The maximum absolute atomic E-state index is 6.02. The minimum atomic E-state index is -2.82. The quantitative estimate of drug-likeness (QED) is 0.779. The zero-order valence-electron chi connectivity index (χ0n) is 13.6. The van der Waals surface area contributed by atoms with Crippen LogP contribution < -0.4 is 9.92 Å². The van der Waals surface area contributed by atoms with Crippen molar-refractivity contribution in [1.82, 2.24) is 0 Å². The molecule has 2 rings (SSSR count). The third kappa shape index (κ3) is 2.86. The summed E-state index contributed by atoms with van der Waals surface area (Å²) in [7, 11) is 1.97. The van der Waals surface area contributed by atoms with E-state index in [1.165, 1.54) is 0 Å². The maximum atomic E-state index is 6.02. The van der Waals surface area contributed by atoms with E-state index in [0.29, 0.717) is 6.61 Å². The Morgan fingerprint density at radius 1 is 1.14 bits per heavy atom. The smallest absolute Gasteiger partial charge is 0.462 e. The zero-order chi connectivity index (χ0) is 15.7. The molecule has 0 bridgehead atoms. The van der Waals surface area contributed by atoms with E-state index in [2.05, 4.69) is 13.8 Å². The third-order valence-corrected chi connectivity index (χ3v) is 6.73. The molecule has 0 radical (unpaired) electrons. The Bertz CT molecular complexity index is 493. The summed E-state index contributed by atoms with van der Waals surface area (Å²) in [6.07, 6.45) is 0. The Labute approximate surface area is 127 Å². The number of hydrogen-bond acceptors (Lipinski definition) is 5. The van der Waals surface area contributed by atoms with Gasteiger partial charge in [-0.3, -0.25) is 0 Å². The van der Waals surface area contributed by atoms with Crippen LogP contribution in [0, 0.1) is 5.92 Å². The molecular formula is C15H24O5Si. The van der Waals surface area contributed by atoms with Crippen LogP contribution in [-0.2, 0) is 24.6 Å². The van der Waals surface area contributed by atoms with Crippen LogP contribution >= 0.6 is 0 Å². The van der Waals surface area contributed by atoms with Crippen molar-refractivity contribution < 1.29 is 22.8 Å². The second-order valence-electron chi connectivity index (χ2n) is 5.55. The van der Waals surface area contributed by atoms with Crippen LogP contribution in [0.25, 0.3) is 0 Å². The first-order valence-electron chi connectivity index (χ1n) is 7.02. The monoisotopic (exact) mass is 312 g/mol. The minimum absolute atomic E-state index is 0.260. The van der Waals surface area contributed by atoms with E-state index < -0.39 is 14.6 Å². The summed E-state index contributed by atoms with van der Waals surface area (Å²) in [5.74, 6) is 0.510. The Balaban J connectivity index is 2.34. The van der Waals surface area contributed by atoms with Gasteiger partial charge in [-0.05, 0) is 12.1 Å². The van der Waals surface area contributed by atoms with Gasteiger partial charge in [0.2, 0.25) is 5.79 Å². The van der Waals surface area contributed by atoms with Gasteiger partial charge in [0.1, 0.15) is 5.75 Å². The number of benzene rings is 1. The first-order chi connectivity index (χ1) is 9.90. The third-order valence-electron chi connectivity index (χ3n) is 4.10. The SMILES string of the molecule is CO[Si](OC)(OC)c1ccc2c(c1)COC(C)(C(C)C)O2. The van der Waals surface area contributed by atoms with Gasteiger partial charge in [-0.15, -0.1) is 0 Å². The molecule has 1 atom stereocenters. The summed E-state index contributed by atoms with van der Waals surface area (Å²) in [4.78, 5) is 0. The highest BCUT2D eigenvalue weighted by Gasteiger charge is 2.42. The van der Waals surface area contributed by atoms with Crippen molar-refractivity contribution in [1.29, 1.82) is 0 Å². The molecule has 0 fully saturated rings. The summed E-state index contributed by atoms with van der Waals surface area (Å²) < 4.78 is 28.4. The lowest BCUT2D eigenvalue weighted by Crippen LogP contribution is -2.55. The van der Waals surface area contributed by atoms with Crippen LogP contribution in [0.2, 0.25) is 0 Å². The second kappa shape index (κ2) is 6.06. The number of rotatable bonds is 5. The van der Waals surface area contributed by atoms with Gasteiger partial charge in [-0.1, -0.05) is 19.9 Å². The largest absolute Gasteiger partial charge is 0.536 e. The Morgan fingerprint density at radius 3 is 2.29 bits per heavy atom. The fraction of sp³-hybridized carbons (Fsp3) is 0.600. The van der Waals surface area contributed by atoms with E-state index >= 15 is 0 Å². The van der Waals surface area contributed by atoms with E-state index in [1.807, 2.05) is 25.1 Å². The molecule has 1 unspecified atom stereocenters. The average molecular weight is 312 g/mol. The molecule has 1 aromatic carbocycles. The molecule has 6 heteroatoms. The van der Waals surface area contributed by atoms with E-state index in [9.17, 15) is 0 Å². The molecule has 118 valence electrons. The van der Waals surface area contributed by atoms with Crippen LogP contribution in [0.3, 0.4) is 0 Å². The minimum Gasteiger partial charge on any atom is -0.462 e. The second-order valence-corrected chi connectivity index (χ2v) is 8.47. The van der Waals surface area contributed by atoms with Gasteiger partial charge >= 0.3 is 8.80 Å². The highest BCUT2D eigenvalue weighted by atomic mass is 28.4. The van der Waals surface area contributed by atoms with Gasteiger partial charge in [-0.25, -0.2) is 0 Å². The normalized spacial score (nSPS) is 22.0. The van der Waals surface area contributed by atoms with Crippen LogP contribution in [0.15, 0.2) is 18.2 Å². The Kier molecular flexibility index (Phi) is 4.75. The highest BCUT2D eigenvalue weighted by Crippen LogP contribution is 2.35. The van der Waals surface area contributed by atoms with E-state index in [-0.39, 0.29) is 5.92 Å². The summed E-state index contributed by atoms with van der Waals surface area (Å²) in [5, 5.41) is 0.897. The van der Waals surface area contributed by atoms with Crippen molar-refractivity contribution in [2.45, 2.75) is 33.2 Å². The van der Waals surface area contributed by atoms with Crippen LogP contribution in [0.1, 0.15) is 26.3 Å². The summed E-state index contributed by atoms with van der Waals surface area (Å²) in [5.41, 5.74) is 0.980. The molecule has 0 aliphatic carbocycles. The summed E-state index contributed by atoms with van der Waals surface area (Å²) in [6.45, 7) is 6.63. The molecule has 0 spiro atoms. The lowest BCUT2D eigenvalue weighted by atomic mass is 10.0. The van der Waals surface area contributed by atoms with Gasteiger partial charge < -0.3 is 22.8 Å². The fourth-order valence-corrected chi connectivity index (χ4v) is 4.18. The summed E-state index contributed by atoms with van der Waals surface area (Å²) >= 11 is 0. The van der Waals surface area contributed by atoms with Gasteiger partial charge in [0, 0.05) is 44.9 Å². The molecule has 1 aliphatic heterocycles. The number of ether oxygens (including phenoxy) is 2. The molecule has 1 aromatic rings. The van der Waals surface area contributed by atoms with Crippen molar-refractivity contribution in [2.75, 3.05) is 21.3 Å². The predicted octanol–water partition coefficient (Wildman–Crippen LogP) is 2.05. The van der Waals surface area contributed by atoms with Crippen LogP contribution in [0.5, 0.6) is 5.75 Å². The van der Waals surface area contributed by atoms with Crippen molar-refractivity contribution >= 4 is 14.0 Å². The molecule has 5 nitrogen and oxygen atoms in total. The van der Waals surface area contributed by atoms with Gasteiger partial charge in [0.15, 0.2) is 0 Å². The van der Waals surface area contributed by atoms with E-state index in [4.69, 9.17) is 22.8 Å². The predicted molar refractivity (Wildman–Crippen MR) is 81.5 cm³/mol. The van der Waals surface area contributed by atoms with E-state index in [0.717, 1.165) is 16.5 Å². The van der Waals surface area contributed by atoms with Gasteiger partial charge in [-0.2, -0.15) is 0 Å². The maximum Gasteiger partial charge on any atom is 0.536 e. The van der Waals surface area contributed by atoms with Crippen molar-refractivity contribution in [3.05, 3.63) is 23.8 Å². The van der Waals surface area contributed by atoms with Crippen molar-refractivity contribution in [3.63, 3.8) is 0 Å². The topological polar surface area (TPSA) is 46.2 Å². The standard InChI is InChI=1S/C15H24O5Si/c1-11(2)15(3)19-10-12-9-13(7-8-14(12)20-15)21(16-4,17-5)18-6/h7-9,11H,10H2,1-6H3. The first kappa shape index (κ1) is 16.4. The average Bonchev–Trinajstić information content (AvgIpc) is 2.49. The number of hydrogen-bond donors (Lipinski definition) is 0. The molecule has 0 amide bonds. The molecule has 0 saturated heterocycles. The summed E-state index contributed by atoms with van der Waals surface area (Å²) in [6, 6.07) is 5.86. The Hall–Kier alpha value is -0.923. The lowest BCUT2D eigenvalue weighted by Gasteiger charge is -2.39. The molecule has 0 saturated carbocycles. The highest BCUT2D eigenvalue weighted by molar-refractivity contribution is 6.75. The van der Waals surface area contributed by atoms with Crippen molar-refractivity contribution in [3.8, 4) is 5.75 Å². The number of fused-ring (bicyclic) bond motifs is 1. The molecule has 21 heavy (non-hydrogen) atoms. The van der Waals surface area contributed by atoms with E-state index in [1.54, 1.807) is 21.3 Å². The van der Waals surface area contributed by atoms with Gasteiger partial charge in [0.05, 0.1) is 6.61 Å². The van der Waals surface area contributed by atoms with Crippen LogP contribution in [0.4, 0.5) is 0 Å². The molecule has 0 N–H and O–H groups in total.